The molecule has 1 aliphatic carbocycles. The maximum Gasteiger partial charge on any atom is 0.226 e. The molecule has 2 aromatic rings. The summed E-state index contributed by atoms with van der Waals surface area (Å²) >= 11 is 0. The van der Waals surface area contributed by atoms with Crippen LogP contribution in [0.25, 0.3) is 10.8 Å². The van der Waals surface area contributed by atoms with Crippen molar-refractivity contribution in [3.05, 3.63) is 42.0 Å². The first kappa shape index (κ1) is 13.9. The van der Waals surface area contributed by atoms with E-state index in [-0.39, 0.29) is 11.8 Å². The van der Waals surface area contributed by atoms with Crippen LogP contribution in [0.5, 0.6) is 5.75 Å². The van der Waals surface area contributed by atoms with Crippen molar-refractivity contribution < 1.29 is 9.53 Å². The number of benzene rings is 2. The van der Waals surface area contributed by atoms with Crippen molar-refractivity contribution in [1.29, 1.82) is 0 Å². The molecule has 2 atom stereocenters. The molecule has 3 heteroatoms. The highest BCUT2D eigenvalue weighted by Crippen LogP contribution is 2.39. The van der Waals surface area contributed by atoms with E-state index in [1.807, 2.05) is 24.1 Å². The van der Waals surface area contributed by atoms with Crippen LogP contribution in [0.2, 0.25) is 0 Å². The van der Waals surface area contributed by atoms with E-state index in [1.165, 1.54) is 5.39 Å². The number of carbonyl (C=O) groups is 1. The summed E-state index contributed by atoms with van der Waals surface area (Å²) in [5.41, 5.74) is 1.16. The van der Waals surface area contributed by atoms with Gasteiger partial charge in [0.2, 0.25) is 5.91 Å². The Balaban J connectivity index is 1.76. The number of fused-ring (bicyclic) bond motifs is 1. The van der Waals surface area contributed by atoms with Gasteiger partial charge in [0.25, 0.3) is 0 Å². The molecule has 0 radical (unpaired) electrons. The van der Waals surface area contributed by atoms with Crippen LogP contribution in [-0.2, 0) is 11.3 Å². The van der Waals surface area contributed by atoms with Crippen molar-refractivity contribution in [3.8, 4) is 5.75 Å². The molecule has 2 aromatic carbocycles. The van der Waals surface area contributed by atoms with Crippen LogP contribution in [0, 0.1) is 11.8 Å². The molecule has 1 saturated carbocycles. The number of nitrogens with zero attached hydrogens (tertiary/aromatic N) is 1. The quantitative estimate of drug-likeness (QED) is 0.860. The van der Waals surface area contributed by atoms with Crippen LogP contribution < -0.4 is 4.74 Å². The Morgan fingerprint density at radius 1 is 1.24 bits per heavy atom. The zero-order valence-electron chi connectivity index (χ0n) is 12.8. The van der Waals surface area contributed by atoms with E-state index in [0.29, 0.717) is 12.5 Å². The number of hydrogen-bond acceptors (Lipinski definition) is 2. The molecular formula is C18H21NO2. The Hall–Kier alpha value is -2.03. The number of hydrogen-bond donors (Lipinski definition) is 0. The Labute approximate surface area is 125 Å². The van der Waals surface area contributed by atoms with Crippen LogP contribution in [0.4, 0.5) is 0 Å². The van der Waals surface area contributed by atoms with E-state index >= 15 is 0 Å². The van der Waals surface area contributed by atoms with Gasteiger partial charge in [-0.15, -0.1) is 0 Å². The summed E-state index contributed by atoms with van der Waals surface area (Å²) in [4.78, 5) is 14.0. The molecule has 1 amide bonds. The van der Waals surface area contributed by atoms with E-state index < -0.39 is 0 Å². The molecule has 0 aliphatic heterocycles. The third-order valence-electron chi connectivity index (χ3n) is 4.33. The van der Waals surface area contributed by atoms with Gasteiger partial charge in [-0.2, -0.15) is 0 Å². The fourth-order valence-electron chi connectivity index (χ4n) is 2.80. The largest absolute Gasteiger partial charge is 0.497 e. The lowest BCUT2D eigenvalue weighted by Gasteiger charge is -2.17. The maximum absolute atomic E-state index is 12.2. The first-order valence-electron chi connectivity index (χ1n) is 7.40. The number of rotatable bonds is 4. The molecule has 0 spiro atoms. The molecule has 1 fully saturated rings. The number of methoxy groups -OCH3 is 1. The van der Waals surface area contributed by atoms with E-state index in [0.717, 1.165) is 23.1 Å². The lowest BCUT2D eigenvalue weighted by molar-refractivity contribution is -0.132. The van der Waals surface area contributed by atoms with Crippen LogP contribution >= 0.6 is 0 Å². The average Bonchev–Trinajstić information content (AvgIpc) is 3.22. The standard InChI is InChI=1S/C18H21NO2/c1-12-8-17(12)18(20)19(2)11-13-4-5-15-10-16(21-3)7-6-14(15)9-13/h4-7,9-10,12,17H,8,11H2,1-3H3/t12-,17+/m0/s1. The summed E-state index contributed by atoms with van der Waals surface area (Å²) in [6, 6.07) is 12.4. The van der Waals surface area contributed by atoms with Gasteiger partial charge in [-0.1, -0.05) is 25.1 Å². The zero-order valence-corrected chi connectivity index (χ0v) is 12.8. The summed E-state index contributed by atoms with van der Waals surface area (Å²) in [6.45, 7) is 2.81. The van der Waals surface area contributed by atoms with Crippen LogP contribution in [0.1, 0.15) is 18.9 Å². The predicted octanol–water partition coefficient (Wildman–Crippen LogP) is 3.46. The third kappa shape index (κ3) is 2.87. The van der Waals surface area contributed by atoms with Crippen molar-refractivity contribution >= 4 is 16.7 Å². The molecular weight excluding hydrogens is 262 g/mol. The summed E-state index contributed by atoms with van der Waals surface area (Å²) in [7, 11) is 3.57. The van der Waals surface area contributed by atoms with Gasteiger partial charge in [0, 0.05) is 19.5 Å². The number of carbonyl (C=O) groups excluding carboxylic acids is 1. The topological polar surface area (TPSA) is 29.5 Å². The van der Waals surface area contributed by atoms with Crippen LogP contribution in [0.3, 0.4) is 0 Å². The lowest BCUT2D eigenvalue weighted by atomic mass is 10.1. The molecule has 21 heavy (non-hydrogen) atoms. The van der Waals surface area contributed by atoms with E-state index in [2.05, 4.69) is 31.2 Å². The Morgan fingerprint density at radius 2 is 1.90 bits per heavy atom. The minimum Gasteiger partial charge on any atom is -0.497 e. The highest BCUT2D eigenvalue weighted by molar-refractivity contribution is 5.85. The monoisotopic (exact) mass is 283 g/mol. The van der Waals surface area contributed by atoms with Crippen molar-refractivity contribution in [3.63, 3.8) is 0 Å². The molecule has 3 rings (SSSR count). The second kappa shape index (κ2) is 5.40. The molecule has 1 aliphatic rings. The van der Waals surface area contributed by atoms with Gasteiger partial charge in [0.05, 0.1) is 7.11 Å². The van der Waals surface area contributed by atoms with Gasteiger partial charge < -0.3 is 9.64 Å². The average molecular weight is 283 g/mol. The highest BCUT2D eigenvalue weighted by atomic mass is 16.5. The fourth-order valence-corrected chi connectivity index (χ4v) is 2.80. The van der Waals surface area contributed by atoms with Gasteiger partial charge >= 0.3 is 0 Å². The summed E-state index contributed by atoms with van der Waals surface area (Å²) in [5.74, 6) is 1.95. The second-order valence-corrected chi connectivity index (χ2v) is 6.06. The van der Waals surface area contributed by atoms with E-state index in [9.17, 15) is 4.79 Å². The molecule has 0 unspecified atom stereocenters. The minimum absolute atomic E-state index is 0.250. The molecule has 3 nitrogen and oxygen atoms in total. The Kier molecular flexibility index (Phi) is 3.58. The summed E-state index contributed by atoms with van der Waals surface area (Å²) in [5, 5.41) is 2.33. The van der Waals surface area contributed by atoms with Gasteiger partial charge in [-0.3, -0.25) is 4.79 Å². The maximum atomic E-state index is 12.2. The van der Waals surface area contributed by atoms with Gasteiger partial charge in [-0.05, 0) is 46.9 Å². The highest BCUT2D eigenvalue weighted by Gasteiger charge is 2.40. The zero-order chi connectivity index (χ0) is 15.0. The third-order valence-corrected chi connectivity index (χ3v) is 4.33. The first-order chi connectivity index (χ1) is 10.1. The number of amides is 1. The predicted molar refractivity (Wildman–Crippen MR) is 84.2 cm³/mol. The Bertz CT molecular complexity index is 680. The SMILES string of the molecule is COc1ccc2cc(CN(C)C(=O)[C@@H]3C[C@@H]3C)ccc2c1. The van der Waals surface area contributed by atoms with Gasteiger partial charge in [0.1, 0.15) is 5.75 Å². The van der Waals surface area contributed by atoms with E-state index in [1.54, 1.807) is 7.11 Å². The van der Waals surface area contributed by atoms with Crippen LogP contribution in [0.15, 0.2) is 36.4 Å². The Morgan fingerprint density at radius 3 is 2.57 bits per heavy atom. The first-order valence-corrected chi connectivity index (χ1v) is 7.40. The smallest absolute Gasteiger partial charge is 0.226 e. The second-order valence-electron chi connectivity index (χ2n) is 6.06. The molecule has 0 heterocycles. The molecule has 110 valence electrons. The summed E-state index contributed by atoms with van der Waals surface area (Å²) in [6.07, 6.45) is 1.04. The minimum atomic E-state index is 0.250. The van der Waals surface area contributed by atoms with Crippen molar-refractivity contribution in [1.82, 2.24) is 4.90 Å². The van der Waals surface area contributed by atoms with Crippen molar-refractivity contribution in [2.45, 2.75) is 19.9 Å². The van der Waals surface area contributed by atoms with Crippen molar-refractivity contribution in [2.24, 2.45) is 11.8 Å². The molecule has 0 bridgehead atoms. The number of ether oxygens (including phenoxy) is 1. The molecule has 0 saturated heterocycles. The normalized spacial score (nSPS) is 20.3. The van der Waals surface area contributed by atoms with Gasteiger partial charge in [0.15, 0.2) is 0 Å². The lowest BCUT2D eigenvalue weighted by Crippen LogP contribution is -2.28. The van der Waals surface area contributed by atoms with Crippen LogP contribution in [-0.4, -0.2) is 25.0 Å². The summed E-state index contributed by atoms with van der Waals surface area (Å²) < 4.78 is 5.24. The van der Waals surface area contributed by atoms with Gasteiger partial charge in [-0.25, -0.2) is 0 Å². The van der Waals surface area contributed by atoms with Crippen molar-refractivity contribution in [2.75, 3.05) is 14.2 Å². The molecule has 0 aromatic heterocycles. The fraction of sp³-hybridized carbons (Fsp3) is 0.389. The van der Waals surface area contributed by atoms with E-state index in [4.69, 9.17) is 4.74 Å². The molecule has 0 N–H and O–H groups in total.